The van der Waals surface area contributed by atoms with Crippen LogP contribution in [-0.4, -0.2) is 30.2 Å². The van der Waals surface area contributed by atoms with Gasteiger partial charge in [0.25, 0.3) is 0 Å². The monoisotopic (exact) mass is 297 g/mol. The average molecular weight is 298 g/mol. The standard InChI is InChI=1S/C12H8ClNO4S/c13-11-7(12(15)16)5-14-8-1-2-9-6(10(8)11)3-4-19(9,17)18/h1-2,5H,3-4H2,(H,15,16). The number of carboxylic acid groups (broad SMARTS) is 1. The van der Waals surface area contributed by atoms with Crippen LogP contribution < -0.4 is 0 Å². The van der Waals surface area contributed by atoms with Gasteiger partial charge in [0.2, 0.25) is 0 Å². The molecule has 0 fully saturated rings. The van der Waals surface area contributed by atoms with Crippen LogP contribution in [0, 0.1) is 0 Å². The first-order valence-electron chi connectivity index (χ1n) is 5.48. The lowest BCUT2D eigenvalue weighted by Crippen LogP contribution is -2.01. The van der Waals surface area contributed by atoms with Crippen molar-refractivity contribution >= 4 is 38.3 Å². The van der Waals surface area contributed by atoms with Crippen molar-refractivity contribution in [2.75, 3.05) is 5.75 Å². The molecule has 0 saturated heterocycles. The van der Waals surface area contributed by atoms with Gasteiger partial charge in [-0.05, 0) is 24.1 Å². The molecule has 0 aliphatic carbocycles. The number of pyridine rings is 1. The van der Waals surface area contributed by atoms with Gasteiger partial charge in [0, 0.05) is 11.6 Å². The molecule has 2 heterocycles. The summed E-state index contributed by atoms with van der Waals surface area (Å²) in [5, 5.41) is 9.51. The van der Waals surface area contributed by atoms with Crippen molar-refractivity contribution in [3.8, 4) is 0 Å². The van der Waals surface area contributed by atoms with E-state index in [1.165, 1.54) is 12.3 Å². The van der Waals surface area contributed by atoms with Crippen molar-refractivity contribution in [2.45, 2.75) is 11.3 Å². The van der Waals surface area contributed by atoms with Crippen LogP contribution in [0.15, 0.2) is 23.2 Å². The van der Waals surface area contributed by atoms with Gasteiger partial charge in [0.1, 0.15) is 0 Å². The smallest absolute Gasteiger partial charge is 0.338 e. The summed E-state index contributed by atoms with van der Waals surface area (Å²) < 4.78 is 23.7. The third-order valence-corrected chi connectivity index (χ3v) is 5.41. The topological polar surface area (TPSA) is 84.3 Å². The van der Waals surface area contributed by atoms with Crippen molar-refractivity contribution < 1.29 is 18.3 Å². The number of halogens is 1. The van der Waals surface area contributed by atoms with Crippen LogP contribution in [0.3, 0.4) is 0 Å². The lowest BCUT2D eigenvalue weighted by Gasteiger charge is -2.07. The Kier molecular flexibility index (Phi) is 2.55. The van der Waals surface area contributed by atoms with Gasteiger partial charge in [-0.1, -0.05) is 11.6 Å². The lowest BCUT2D eigenvalue weighted by molar-refractivity contribution is 0.0697. The number of carboxylic acids is 1. The van der Waals surface area contributed by atoms with Gasteiger partial charge < -0.3 is 5.11 Å². The van der Waals surface area contributed by atoms with Crippen LogP contribution in [0.1, 0.15) is 15.9 Å². The molecule has 1 N–H and O–H groups in total. The lowest BCUT2D eigenvalue weighted by atomic mass is 10.0. The van der Waals surface area contributed by atoms with E-state index in [4.69, 9.17) is 16.7 Å². The number of carbonyl (C=O) groups is 1. The first-order valence-corrected chi connectivity index (χ1v) is 7.51. The summed E-state index contributed by atoms with van der Waals surface area (Å²) in [5.41, 5.74) is 0.954. The fraction of sp³-hybridized carbons (Fsp3) is 0.167. The van der Waals surface area contributed by atoms with E-state index in [1.807, 2.05) is 0 Å². The number of sulfone groups is 1. The second kappa shape index (κ2) is 3.91. The number of hydrogen-bond donors (Lipinski definition) is 1. The number of rotatable bonds is 1. The van der Waals surface area contributed by atoms with E-state index < -0.39 is 15.8 Å². The highest BCUT2D eigenvalue weighted by Crippen LogP contribution is 2.36. The first-order chi connectivity index (χ1) is 8.92. The second-order valence-electron chi connectivity index (χ2n) is 4.30. The molecule has 0 radical (unpaired) electrons. The molecule has 1 aliphatic rings. The van der Waals surface area contributed by atoms with Crippen molar-refractivity contribution in [1.29, 1.82) is 0 Å². The third-order valence-electron chi connectivity index (χ3n) is 3.22. The maximum absolute atomic E-state index is 11.8. The van der Waals surface area contributed by atoms with Gasteiger partial charge in [-0.3, -0.25) is 4.98 Å². The molecule has 0 amide bonds. The van der Waals surface area contributed by atoms with E-state index in [2.05, 4.69) is 4.98 Å². The summed E-state index contributed by atoms with van der Waals surface area (Å²) in [4.78, 5) is 15.3. The Balaban J connectivity index is 2.47. The molecule has 2 aromatic rings. The molecule has 0 saturated carbocycles. The fourth-order valence-electron chi connectivity index (χ4n) is 2.33. The van der Waals surface area contributed by atoms with Crippen LogP contribution >= 0.6 is 11.6 Å². The minimum Gasteiger partial charge on any atom is -0.478 e. The van der Waals surface area contributed by atoms with E-state index in [9.17, 15) is 13.2 Å². The number of hydrogen-bond acceptors (Lipinski definition) is 4. The zero-order valence-corrected chi connectivity index (χ0v) is 11.1. The Morgan fingerprint density at radius 2 is 2.11 bits per heavy atom. The highest BCUT2D eigenvalue weighted by molar-refractivity contribution is 7.91. The molecular weight excluding hydrogens is 290 g/mol. The highest BCUT2D eigenvalue weighted by atomic mass is 35.5. The molecule has 0 atom stereocenters. The SMILES string of the molecule is O=C(O)c1cnc2ccc3c(c2c1Cl)CCS3(=O)=O. The van der Waals surface area contributed by atoms with E-state index in [1.54, 1.807) is 6.07 Å². The predicted octanol–water partition coefficient (Wildman–Crippen LogP) is 1.92. The summed E-state index contributed by atoms with van der Waals surface area (Å²) in [6.07, 6.45) is 1.52. The van der Waals surface area contributed by atoms with Gasteiger partial charge in [-0.25, -0.2) is 13.2 Å². The van der Waals surface area contributed by atoms with Crippen LogP contribution in [0.2, 0.25) is 5.02 Å². The van der Waals surface area contributed by atoms with Gasteiger partial charge >= 0.3 is 5.97 Å². The number of aryl methyl sites for hydroxylation is 1. The molecule has 1 aliphatic heterocycles. The average Bonchev–Trinajstić information content (AvgIpc) is 2.65. The molecule has 0 bridgehead atoms. The van der Waals surface area contributed by atoms with Gasteiger partial charge in [-0.2, -0.15) is 0 Å². The molecule has 5 nitrogen and oxygen atoms in total. The Hall–Kier alpha value is -1.66. The van der Waals surface area contributed by atoms with Crippen molar-refractivity contribution in [2.24, 2.45) is 0 Å². The molecule has 98 valence electrons. The highest BCUT2D eigenvalue weighted by Gasteiger charge is 2.29. The Morgan fingerprint density at radius 3 is 2.79 bits per heavy atom. The molecule has 1 aromatic carbocycles. The maximum Gasteiger partial charge on any atom is 0.338 e. The van der Waals surface area contributed by atoms with Crippen LogP contribution in [0.4, 0.5) is 0 Å². The fourth-order valence-corrected chi connectivity index (χ4v) is 4.22. The zero-order chi connectivity index (χ0) is 13.8. The summed E-state index contributed by atoms with van der Waals surface area (Å²) >= 11 is 6.10. The van der Waals surface area contributed by atoms with Crippen LogP contribution in [-0.2, 0) is 16.3 Å². The minimum absolute atomic E-state index is 0.0229. The summed E-state index contributed by atoms with van der Waals surface area (Å²) in [6.45, 7) is 0. The predicted molar refractivity (Wildman–Crippen MR) is 69.5 cm³/mol. The van der Waals surface area contributed by atoms with E-state index in [0.717, 1.165) is 0 Å². The summed E-state index contributed by atoms with van der Waals surface area (Å²) in [7, 11) is -3.28. The van der Waals surface area contributed by atoms with Crippen molar-refractivity contribution in [3.63, 3.8) is 0 Å². The number of aromatic carboxylic acids is 1. The molecular formula is C12H8ClNO4S. The maximum atomic E-state index is 11.8. The summed E-state index contributed by atoms with van der Waals surface area (Å²) in [5.74, 6) is -1.16. The Bertz CT molecular complexity index is 829. The van der Waals surface area contributed by atoms with E-state index in [0.29, 0.717) is 22.9 Å². The van der Waals surface area contributed by atoms with Gasteiger partial charge in [0.15, 0.2) is 9.84 Å². The number of aromatic nitrogens is 1. The zero-order valence-electron chi connectivity index (χ0n) is 9.55. The van der Waals surface area contributed by atoms with E-state index >= 15 is 0 Å². The molecule has 0 spiro atoms. The Labute approximate surface area is 113 Å². The van der Waals surface area contributed by atoms with Gasteiger partial charge in [0.05, 0.1) is 26.8 Å². The van der Waals surface area contributed by atoms with Crippen molar-refractivity contribution in [1.82, 2.24) is 4.98 Å². The van der Waals surface area contributed by atoms with Crippen molar-refractivity contribution in [3.05, 3.63) is 34.5 Å². The molecule has 7 heteroatoms. The largest absolute Gasteiger partial charge is 0.478 e. The molecule has 1 aromatic heterocycles. The first kappa shape index (κ1) is 12.4. The normalized spacial score (nSPS) is 16.5. The van der Waals surface area contributed by atoms with E-state index in [-0.39, 0.29) is 21.2 Å². The summed E-state index contributed by atoms with van der Waals surface area (Å²) in [6, 6.07) is 3.05. The van der Waals surface area contributed by atoms with Crippen LogP contribution in [0.5, 0.6) is 0 Å². The Morgan fingerprint density at radius 1 is 1.37 bits per heavy atom. The number of fused-ring (bicyclic) bond motifs is 3. The third kappa shape index (κ3) is 1.71. The minimum atomic E-state index is -3.28. The molecule has 3 rings (SSSR count). The quantitative estimate of drug-likeness (QED) is 0.869. The molecule has 0 unspecified atom stereocenters. The molecule has 19 heavy (non-hydrogen) atoms. The number of benzene rings is 1. The number of nitrogens with zero attached hydrogens (tertiary/aromatic N) is 1. The second-order valence-corrected chi connectivity index (χ2v) is 6.75. The van der Waals surface area contributed by atoms with Crippen LogP contribution in [0.25, 0.3) is 10.9 Å². The van der Waals surface area contributed by atoms with Gasteiger partial charge in [-0.15, -0.1) is 0 Å².